The van der Waals surface area contributed by atoms with Crippen LogP contribution < -0.4 is 10.2 Å². The lowest BCUT2D eigenvalue weighted by Gasteiger charge is -2.27. The van der Waals surface area contributed by atoms with Gasteiger partial charge >= 0.3 is 0 Å². The summed E-state index contributed by atoms with van der Waals surface area (Å²) in [4.78, 5) is 32.3. The molecule has 1 aromatic heterocycles. The van der Waals surface area contributed by atoms with Crippen molar-refractivity contribution in [3.8, 4) is 0 Å². The summed E-state index contributed by atoms with van der Waals surface area (Å²) in [5, 5.41) is 2.75. The molecule has 1 N–H and O–H groups in total. The molecule has 25 heavy (non-hydrogen) atoms. The third-order valence-electron chi connectivity index (χ3n) is 4.04. The van der Waals surface area contributed by atoms with Gasteiger partial charge in [0.05, 0.1) is 12.6 Å². The summed E-state index contributed by atoms with van der Waals surface area (Å²) < 4.78 is 0. The Labute approximate surface area is 148 Å². The highest BCUT2D eigenvalue weighted by Crippen LogP contribution is 2.13. The molecule has 0 bridgehead atoms. The monoisotopic (exact) mass is 340 g/mol. The summed E-state index contributed by atoms with van der Waals surface area (Å²) in [5.74, 6) is 0.233. The summed E-state index contributed by atoms with van der Waals surface area (Å²) in [5.41, 5.74) is 1.65. The van der Waals surface area contributed by atoms with Gasteiger partial charge in [-0.2, -0.15) is 0 Å². The van der Waals surface area contributed by atoms with Gasteiger partial charge in [-0.25, -0.2) is 4.98 Å². The molecule has 0 aliphatic carbocycles. The number of pyridine rings is 1. The third kappa shape index (κ3) is 5.12. The van der Waals surface area contributed by atoms with E-state index < -0.39 is 6.04 Å². The Morgan fingerprint density at radius 1 is 1.08 bits per heavy atom. The summed E-state index contributed by atoms with van der Waals surface area (Å²) >= 11 is 0. The molecule has 1 heterocycles. The fourth-order valence-corrected chi connectivity index (χ4v) is 2.41. The van der Waals surface area contributed by atoms with Crippen molar-refractivity contribution in [2.24, 2.45) is 0 Å². The maximum Gasteiger partial charge on any atom is 0.243 e. The van der Waals surface area contributed by atoms with Gasteiger partial charge in [0.2, 0.25) is 11.8 Å². The number of rotatable bonds is 6. The van der Waals surface area contributed by atoms with Crippen LogP contribution in [-0.2, 0) is 9.59 Å². The Hall–Kier alpha value is -2.73. The van der Waals surface area contributed by atoms with Crippen LogP contribution in [0.5, 0.6) is 0 Å². The first kappa shape index (κ1) is 18.6. The van der Waals surface area contributed by atoms with Gasteiger partial charge in [0.1, 0.15) is 5.82 Å². The minimum absolute atomic E-state index is 0.0739. The number of anilines is 2. The number of para-hydroxylation sites is 1. The minimum Gasteiger partial charge on any atom is -0.314 e. The van der Waals surface area contributed by atoms with Crippen LogP contribution in [0.4, 0.5) is 11.5 Å². The van der Waals surface area contributed by atoms with E-state index in [1.807, 2.05) is 49.4 Å². The number of benzene rings is 1. The molecular formula is C19H24N4O2. The predicted molar refractivity (Wildman–Crippen MR) is 99.5 cm³/mol. The zero-order valence-electron chi connectivity index (χ0n) is 15.1. The maximum absolute atomic E-state index is 12.6. The number of aromatic nitrogens is 1. The Kier molecular flexibility index (Phi) is 6.25. The molecule has 0 aliphatic heterocycles. The fourth-order valence-electron chi connectivity index (χ4n) is 2.41. The number of nitrogens with zero attached hydrogens (tertiary/aromatic N) is 3. The predicted octanol–water partition coefficient (Wildman–Crippen LogP) is 2.31. The van der Waals surface area contributed by atoms with E-state index in [2.05, 4.69) is 10.3 Å². The zero-order chi connectivity index (χ0) is 18.4. The van der Waals surface area contributed by atoms with Gasteiger partial charge in [-0.1, -0.05) is 24.3 Å². The molecule has 0 unspecified atom stereocenters. The number of carbonyl (C=O) groups excluding carboxylic acids is 2. The minimum atomic E-state index is -0.429. The molecule has 0 fully saturated rings. The summed E-state index contributed by atoms with van der Waals surface area (Å²) in [6.07, 6.45) is 0. The molecule has 0 spiro atoms. The number of likely N-dealkylation sites (N-methyl/N-ethyl adjacent to an activating group) is 2. The summed E-state index contributed by atoms with van der Waals surface area (Å²) in [7, 11) is 3.49. The van der Waals surface area contributed by atoms with Gasteiger partial charge < -0.3 is 10.2 Å². The van der Waals surface area contributed by atoms with Crippen molar-refractivity contribution in [1.82, 2.24) is 9.88 Å². The van der Waals surface area contributed by atoms with Crippen LogP contribution in [0, 0.1) is 6.92 Å². The molecule has 2 amide bonds. The molecule has 2 rings (SSSR count). The zero-order valence-corrected chi connectivity index (χ0v) is 15.1. The molecule has 132 valence electrons. The van der Waals surface area contributed by atoms with Gasteiger partial charge in [-0.05, 0) is 45.2 Å². The third-order valence-corrected chi connectivity index (χ3v) is 4.04. The molecule has 0 aliphatic rings. The summed E-state index contributed by atoms with van der Waals surface area (Å²) in [6, 6.07) is 14.4. The van der Waals surface area contributed by atoms with E-state index in [1.54, 1.807) is 36.9 Å². The lowest BCUT2D eigenvalue weighted by molar-refractivity contribution is -0.124. The van der Waals surface area contributed by atoms with Crippen LogP contribution in [-0.4, -0.2) is 48.4 Å². The number of aryl methyl sites for hydroxylation is 1. The Morgan fingerprint density at radius 2 is 1.76 bits per heavy atom. The smallest absolute Gasteiger partial charge is 0.243 e. The van der Waals surface area contributed by atoms with Crippen molar-refractivity contribution in [3.63, 3.8) is 0 Å². The number of nitrogens with one attached hydrogen (secondary N) is 1. The van der Waals surface area contributed by atoms with Crippen molar-refractivity contribution in [3.05, 3.63) is 54.2 Å². The molecule has 0 saturated heterocycles. The normalized spacial score (nSPS) is 11.9. The summed E-state index contributed by atoms with van der Waals surface area (Å²) in [6.45, 7) is 3.76. The van der Waals surface area contributed by atoms with Crippen LogP contribution in [0.3, 0.4) is 0 Å². The molecule has 2 aromatic rings. The van der Waals surface area contributed by atoms with Gasteiger partial charge in [0.15, 0.2) is 0 Å². The van der Waals surface area contributed by atoms with Crippen LogP contribution in [0.15, 0.2) is 48.5 Å². The second kappa shape index (κ2) is 8.39. The first-order valence-corrected chi connectivity index (χ1v) is 8.15. The van der Waals surface area contributed by atoms with E-state index in [-0.39, 0.29) is 18.4 Å². The Bertz CT molecular complexity index is 733. The quantitative estimate of drug-likeness (QED) is 0.876. The van der Waals surface area contributed by atoms with Crippen molar-refractivity contribution in [2.75, 3.05) is 30.9 Å². The highest BCUT2D eigenvalue weighted by molar-refractivity contribution is 5.97. The SMILES string of the molecule is Cc1cccc(NC(=O)CN(C)[C@@H](C)C(=O)N(C)c2ccccc2)n1. The molecule has 0 saturated carbocycles. The molecule has 1 aromatic carbocycles. The van der Waals surface area contributed by atoms with E-state index in [9.17, 15) is 9.59 Å². The topological polar surface area (TPSA) is 65.5 Å². The van der Waals surface area contributed by atoms with Crippen molar-refractivity contribution < 1.29 is 9.59 Å². The van der Waals surface area contributed by atoms with Crippen molar-refractivity contribution >= 4 is 23.3 Å². The lowest BCUT2D eigenvalue weighted by Crippen LogP contribution is -2.46. The standard InChI is InChI=1S/C19H24N4O2/c1-14-9-8-12-17(20-14)21-18(24)13-22(3)15(2)19(25)23(4)16-10-6-5-7-11-16/h5-12,15H,13H2,1-4H3,(H,20,21,24)/t15-/m0/s1. The lowest BCUT2D eigenvalue weighted by atomic mass is 10.2. The van der Waals surface area contributed by atoms with Crippen LogP contribution in [0.2, 0.25) is 0 Å². The number of amides is 2. The first-order valence-electron chi connectivity index (χ1n) is 8.15. The Morgan fingerprint density at radius 3 is 2.40 bits per heavy atom. The maximum atomic E-state index is 12.6. The van der Waals surface area contributed by atoms with Crippen LogP contribution in [0.1, 0.15) is 12.6 Å². The highest BCUT2D eigenvalue weighted by Gasteiger charge is 2.24. The molecule has 0 radical (unpaired) electrons. The van der Waals surface area contributed by atoms with E-state index in [0.717, 1.165) is 11.4 Å². The molecule has 6 nitrogen and oxygen atoms in total. The number of hydrogen-bond donors (Lipinski definition) is 1. The van der Waals surface area contributed by atoms with Gasteiger partial charge in [0.25, 0.3) is 0 Å². The fraction of sp³-hybridized carbons (Fsp3) is 0.316. The second-order valence-electron chi connectivity index (χ2n) is 6.04. The van der Waals surface area contributed by atoms with Crippen molar-refractivity contribution in [1.29, 1.82) is 0 Å². The first-order chi connectivity index (χ1) is 11.9. The van der Waals surface area contributed by atoms with Crippen LogP contribution >= 0.6 is 0 Å². The average molecular weight is 340 g/mol. The van der Waals surface area contributed by atoms with Crippen LogP contribution in [0.25, 0.3) is 0 Å². The largest absolute Gasteiger partial charge is 0.314 e. The number of hydrogen-bond acceptors (Lipinski definition) is 4. The molecule has 6 heteroatoms. The van der Waals surface area contributed by atoms with Crippen molar-refractivity contribution in [2.45, 2.75) is 19.9 Å². The molecular weight excluding hydrogens is 316 g/mol. The van der Waals surface area contributed by atoms with E-state index in [1.165, 1.54) is 0 Å². The van der Waals surface area contributed by atoms with E-state index in [4.69, 9.17) is 0 Å². The van der Waals surface area contributed by atoms with E-state index >= 15 is 0 Å². The Balaban J connectivity index is 1.93. The van der Waals surface area contributed by atoms with Gasteiger partial charge in [0, 0.05) is 18.4 Å². The van der Waals surface area contributed by atoms with Gasteiger partial charge in [-0.15, -0.1) is 0 Å². The average Bonchev–Trinajstić information content (AvgIpc) is 2.60. The van der Waals surface area contributed by atoms with Gasteiger partial charge in [-0.3, -0.25) is 14.5 Å². The molecule has 1 atom stereocenters. The van der Waals surface area contributed by atoms with E-state index in [0.29, 0.717) is 5.82 Å². The number of carbonyl (C=O) groups is 2. The highest BCUT2D eigenvalue weighted by atomic mass is 16.2. The second-order valence-corrected chi connectivity index (χ2v) is 6.04.